The van der Waals surface area contributed by atoms with Gasteiger partial charge in [-0.15, -0.1) is 0 Å². The Bertz CT molecular complexity index is 446. The molecule has 92 valence electrons. The zero-order valence-electron chi connectivity index (χ0n) is 9.77. The molecule has 1 amide bonds. The Balaban J connectivity index is 3.00. The van der Waals surface area contributed by atoms with Gasteiger partial charge in [0.2, 0.25) is 0 Å². The van der Waals surface area contributed by atoms with Crippen LogP contribution in [0.25, 0.3) is 0 Å². The summed E-state index contributed by atoms with van der Waals surface area (Å²) in [5.41, 5.74) is 6.29. The van der Waals surface area contributed by atoms with Gasteiger partial charge < -0.3 is 11.1 Å². The second kappa shape index (κ2) is 5.40. The van der Waals surface area contributed by atoms with E-state index in [0.717, 1.165) is 0 Å². The third-order valence-electron chi connectivity index (χ3n) is 2.41. The molecule has 0 saturated carbocycles. The number of carbonyl (C=O) groups is 1. The number of nitro groups is 1. The van der Waals surface area contributed by atoms with Gasteiger partial charge in [0.25, 0.3) is 11.6 Å². The summed E-state index contributed by atoms with van der Waals surface area (Å²) >= 11 is 0. The second-order valence-corrected chi connectivity index (χ2v) is 3.87. The van der Waals surface area contributed by atoms with Crippen LogP contribution >= 0.6 is 0 Å². The van der Waals surface area contributed by atoms with E-state index < -0.39 is 4.92 Å². The number of hydrogen-bond acceptors (Lipinski definition) is 4. The minimum absolute atomic E-state index is 0.0962. The van der Waals surface area contributed by atoms with Gasteiger partial charge in [-0.2, -0.15) is 0 Å². The molecule has 1 rings (SSSR count). The molecule has 0 aliphatic rings. The SMILES string of the molecule is Cc1ccc([N+](=O)[O-])cc1C(=O)N[C@H](C)CN. The molecular weight excluding hydrogens is 222 g/mol. The van der Waals surface area contributed by atoms with Crippen LogP contribution in [0.5, 0.6) is 0 Å². The lowest BCUT2D eigenvalue weighted by Gasteiger charge is -2.12. The zero-order chi connectivity index (χ0) is 13.0. The number of rotatable bonds is 4. The van der Waals surface area contributed by atoms with E-state index in [0.29, 0.717) is 17.7 Å². The lowest BCUT2D eigenvalue weighted by atomic mass is 10.1. The fourth-order valence-corrected chi connectivity index (χ4v) is 1.33. The average Bonchev–Trinajstić information content (AvgIpc) is 2.28. The molecule has 0 unspecified atom stereocenters. The number of aryl methyl sites for hydroxylation is 1. The summed E-state index contributed by atoms with van der Waals surface area (Å²) in [5.74, 6) is -0.343. The van der Waals surface area contributed by atoms with Gasteiger partial charge in [0.15, 0.2) is 0 Å². The van der Waals surface area contributed by atoms with Gasteiger partial charge in [0.1, 0.15) is 0 Å². The molecule has 0 spiro atoms. The monoisotopic (exact) mass is 237 g/mol. The molecule has 0 bridgehead atoms. The topological polar surface area (TPSA) is 98.3 Å². The van der Waals surface area contributed by atoms with E-state index in [1.807, 2.05) is 0 Å². The van der Waals surface area contributed by atoms with Crippen molar-refractivity contribution < 1.29 is 9.72 Å². The Morgan fingerprint density at radius 2 is 2.24 bits per heavy atom. The van der Waals surface area contributed by atoms with Crippen LogP contribution in [-0.2, 0) is 0 Å². The highest BCUT2D eigenvalue weighted by molar-refractivity contribution is 5.96. The smallest absolute Gasteiger partial charge is 0.270 e. The Kier molecular flexibility index (Phi) is 4.17. The van der Waals surface area contributed by atoms with E-state index >= 15 is 0 Å². The molecule has 0 radical (unpaired) electrons. The number of amides is 1. The van der Waals surface area contributed by atoms with Crippen LogP contribution in [-0.4, -0.2) is 23.4 Å². The van der Waals surface area contributed by atoms with Gasteiger partial charge >= 0.3 is 0 Å². The standard InChI is InChI=1S/C11H15N3O3/c1-7-3-4-9(14(16)17)5-10(7)11(15)13-8(2)6-12/h3-5,8H,6,12H2,1-2H3,(H,13,15)/t8-/m1/s1. The molecule has 1 atom stereocenters. The minimum Gasteiger partial charge on any atom is -0.348 e. The van der Waals surface area contributed by atoms with Gasteiger partial charge in [-0.3, -0.25) is 14.9 Å². The Labute approximate surface area is 99.0 Å². The van der Waals surface area contributed by atoms with E-state index in [1.165, 1.54) is 12.1 Å². The maximum absolute atomic E-state index is 11.8. The third kappa shape index (κ3) is 3.25. The molecule has 0 saturated heterocycles. The summed E-state index contributed by atoms with van der Waals surface area (Å²) in [4.78, 5) is 21.9. The molecule has 17 heavy (non-hydrogen) atoms. The first kappa shape index (κ1) is 13.1. The van der Waals surface area contributed by atoms with E-state index in [2.05, 4.69) is 5.32 Å². The maximum Gasteiger partial charge on any atom is 0.270 e. The number of non-ortho nitro benzene ring substituents is 1. The lowest BCUT2D eigenvalue weighted by molar-refractivity contribution is -0.384. The molecule has 1 aromatic carbocycles. The van der Waals surface area contributed by atoms with Crippen molar-refractivity contribution in [3.63, 3.8) is 0 Å². The summed E-state index contributed by atoms with van der Waals surface area (Å²) in [6, 6.07) is 4.04. The molecule has 0 fully saturated rings. The van der Waals surface area contributed by atoms with Crippen LogP contribution in [0.1, 0.15) is 22.8 Å². The van der Waals surface area contributed by atoms with Crippen LogP contribution in [0.3, 0.4) is 0 Å². The Morgan fingerprint density at radius 1 is 1.59 bits per heavy atom. The predicted molar refractivity (Wildman–Crippen MR) is 63.8 cm³/mol. The number of nitrogens with zero attached hydrogens (tertiary/aromatic N) is 1. The number of hydrogen-bond donors (Lipinski definition) is 2. The first-order chi connectivity index (χ1) is 7.95. The van der Waals surface area contributed by atoms with Crippen molar-refractivity contribution in [1.29, 1.82) is 0 Å². The number of nitrogens with two attached hydrogens (primary N) is 1. The van der Waals surface area contributed by atoms with Gasteiger partial charge in [-0.1, -0.05) is 6.07 Å². The van der Waals surface area contributed by atoms with Crippen molar-refractivity contribution in [2.24, 2.45) is 5.73 Å². The van der Waals surface area contributed by atoms with Crippen molar-refractivity contribution in [2.75, 3.05) is 6.54 Å². The van der Waals surface area contributed by atoms with Crippen molar-refractivity contribution in [3.8, 4) is 0 Å². The van der Waals surface area contributed by atoms with E-state index in [4.69, 9.17) is 5.73 Å². The molecular formula is C11H15N3O3. The first-order valence-corrected chi connectivity index (χ1v) is 5.21. The van der Waals surface area contributed by atoms with E-state index in [9.17, 15) is 14.9 Å². The van der Waals surface area contributed by atoms with E-state index in [1.54, 1.807) is 19.9 Å². The van der Waals surface area contributed by atoms with Gasteiger partial charge in [0, 0.05) is 30.3 Å². The molecule has 6 heteroatoms. The quantitative estimate of drug-likeness (QED) is 0.602. The van der Waals surface area contributed by atoms with Crippen LogP contribution in [0.4, 0.5) is 5.69 Å². The fourth-order valence-electron chi connectivity index (χ4n) is 1.33. The van der Waals surface area contributed by atoms with Crippen molar-refractivity contribution in [1.82, 2.24) is 5.32 Å². The highest BCUT2D eigenvalue weighted by Crippen LogP contribution is 2.17. The van der Waals surface area contributed by atoms with Crippen molar-refractivity contribution in [3.05, 3.63) is 39.4 Å². The molecule has 0 aromatic heterocycles. The number of nitro benzene ring substituents is 1. The molecule has 0 heterocycles. The van der Waals surface area contributed by atoms with Gasteiger partial charge in [0.05, 0.1) is 4.92 Å². The number of nitrogens with one attached hydrogen (secondary N) is 1. The number of carbonyl (C=O) groups excluding carboxylic acids is 1. The molecule has 0 aliphatic carbocycles. The van der Waals surface area contributed by atoms with Gasteiger partial charge in [-0.25, -0.2) is 0 Å². The summed E-state index contributed by atoms with van der Waals surface area (Å²) in [7, 11) is 0. The van der Waals surface area contributed by atoms with Crippen molar-refractivity contribution >= 4 is 11.6 Å². The van der Waals surface area contributed by atoms with Crippen molar-refractivity contribution in [2.45, 2.75) is 19.9 Å². The molecule has 0 aliphatic heterocycles. The maximum atomic E-state index is 11.8. The number of benzene rings is 1. The van der Waals surface area contributed by atoms with Crippen LogP contribution in [0.15, 0.2) is 18.2 Å². The minimum atomic E-state index is -0.525. The molecule has 3 N–H and O–H groups in total. The predicted octanol–water partition coefficient (Wildman–Crippen LogP) is 0.980. The zero-order valence-corrected chi connectivity index (χ0v) is 9.77. The lowest BCUT2D eigenvalue weighted by Crippen LogP contribution is -2.38. The summed E-state index contributed by atoms with van der Waals surface area (Å²) < 4.78 is 0. The molecule has 6 nitrogen and oxygen atoms in total. The van der Waals surface area contributed by atoms with Gasteiger partial charge in [-0.05, 0) is 19.4 Å². The first-order valence-electron chi connectivity index (χ1n) is 5.21. The Morgan fingerprint density at radius 3 is 2.76 bits per heavy atom. The molecule has 1 aromatic rings. The fraction of sp³-hybridized carbons (Fsp3) is 0.364. The normalized spacial score (nSPS) is 11.9. The third-order valence-corrected chi connectivity index (χ3v) is 2.41. The van der Waals surface area contributed by atoms with E-state index in [-0.39, 0.29) is 17.6 Å². The largest absolute Gasteiger partial charge is 0.348 e. The van der Waals surface area contributed by atoms with Crippen LogP contribution in [0, 0.1) is 17.0 Å². The van der Waals surface area contributed by atoms with Crippen LogP contribution in [0.2, 0.25) is 0 Å². The Hall–Kier alpha value is -1.95. The van der Waals surface area contributed by atoms with Crippen LogP contribution < -0.4 is 11.1 Å². The summed E-state index contributed by atoms with van der Waals surface area (Å²) in [5, 5.41) is 13.3. The highest BCUT2D eigenvalue weighted by atomic mass is 16.6. The second-order valence-electron chi connectivity index (χ2n) is 3.87. The highest BCUT2D eigenvalue weighted by Gasteiger charge is 2.15. The summed E-state index contributed by atoms with van der Waals surface area (Å²) in [6.07, 6.45) is 0. The summed E-state index contributed by atoms with van der Waals surface area (Å²) in [6.45, 7) is 3.82. The average molecular weight is 237 g/mol.